The Morgan fingerprint density at radius 1 is 1.09 bits per heavy atom. The molecule has 0 atom stereocenters. The van der Waals surface area contributed by atoms with Crippen molar-refractivity contribution in [3.05, 3.63) is 69.6 Å². The first-order valence-corrected chi connectivity index (χ1v) is 11.7. The molecule has 0 spiro atoms. The van der Waals surface area contributed by atoms with Gasteiger partial charge in [-0.15, -0.1) is 0 Å². The van der Waals surface area contributed by atoms with E-state index in [0.29, 0.717) is 43.1 Å². The maximum Gasteiger partial charge on any atom is 0.257 e. The van der Waals surface area contributed by atoms with Crippen LogP contribution in [0.3, 0.4) is 0 Å². The lowest BCUT2D eigenvalue weighted by atomic mass is 10.1. The minimum absolute atomic E-state index is 0.224. The summed E-state index contributed by atoms with van der Waals surface area (Å²) in [6, 6.07) is 15.1. The molecule has 3 heterocycles. The molecule has 1 fully saturated rings. The van der Waals surface area contributed by atoms with E-state index in [4.69, 9.17) is 5.11 Å². The molecule has 0 unspecified atom stereocenters. The first kappa shape index (κ1) is 23.1. The van der Waals surface area contributed by atoms with Crippen molar-refractivity contribution in [1.82, 2.24) is 14.9 Å². The van der Waals surface area contributed by atoms with Gasteiger partial charge in [0.15, 0.2) is 0 Å². The van der Waals surface area contributed by atoms with Crippen molar-refractivity contribution in [3.8, 4) is 11.3 Å². The van der Waals surface area contributed by atoms with Crippen LogP contribution < -0.4 is 10.2 Å². The lowest BCUT2D eigenvalue weighted by Crippen LogP contribution is -2.49. The monoisotopic (exact) mass is 557 g/mol. The van der Waals surface area contributed by atoms with Gasteiger partial charge < -0.3 is 20.2 Å². The number of rotatable bonds is 5. The van der Waals surface area contributed by atoms with Crippen LogP contribution in [0.4, 0.5) is 11.5 Å². The number of halogens is 1. The van der Waals surface area contributed by atoms with Crippen molar-refractivity contribution in [3.63, 3.8) is 0 Å². The minimum atomic E-state index is -0.467. The third-order valence-electron chi connectivity index (χ3n) is 5.57. The minimum Gasteiger partial charge on any atom is -0.387 e. The maximum absolute atomic E-state index is 13.0. The normalized spacial score (nSPS) is 13.7. The fourth-order valence-corrected chi connectivity index (χ4v) is 4.38. The Morgan fingerprint density at radius 2 is 1.88 bits per heavy atom. The number of aliphatic hydroxyl groups is 1. The van der Waals surface area contributed by atoms with E-state index in [1.165, 1.54) is 0 Å². The largest absolute Gasteiger partial charge is 0.387 e. The Hall–Kier alpha value is -3.05. The first-order valence-electron chi connectivity index (χ1n) is 10.6. The van der Waals surface area contributed by atoms with E-state index >= 15 is 0 Å². The Labute approximate surface area is 205 Å². The molecule has 2 N–H and O–H groups in total. The Balaban J connectivity index is 1.46. The number of anilines is 2. The highest BCUT2D eigenvalue weighted by molar-refractivity contribution is 14.1. The van der Waals surface area contributed by atoms with Crippen molar-refractivity contribution < 1.29 is 14.7 Å². The summed E-state index contributed by atoms with van der Waals surface area (Å²) in [5.74, 6) is 0.289. The second kappa shape index (κ2) is 10.3. The second-order valence-corrected chi connectivity index (χ2v) is 8.85. The number of aryl methyl sites for hydroxylation is 1. The lowest BCUT2D eigenvalue weighted by Gasteiger charge is -2.35. The molecular weight excluding hydrogens is 533 g/mol. The molecule has 1 saturated heterocycles. The number of pyridine rings is 2. The molecule has 1 aliphatic rings. The molecule has 170 valence electrons. The third kappa shape index (κ3) is 5.31. The highest BCUT2D eigenvalue weighted by Gasteiger charge is 2.22. The molecule has 0 saturated carbocycles. The predicted octanol–water partition coefficient (Wildman–Crippen LogP) is 2.95. The van der Waals surface area contributed by atoms with Gasteiger partial charge in [-0.05, 0) is 72.0 Å². The number of hydrogen-bond acceptors (Lipinski definition) is 6. The number of aliphatic hydroxyl groups excluding tert-OH is 1. The number of amides is 2. The van der Waals surface area contributed by atoms with Gasteiger partial charge in [0.1, 0.15) is 12.4 Å². The molecule has 0 radical (unpaired) electrons. The average Bonchev–Trinajstić information content (AvgIpc) is 2.85. The second-order valence-electron chi connectivity index (χ2n) is 7.69. The molecule has 9 heteroatoms. The van der Waals surface area contributed by atoms with Crippen molar-refractivity contribution >= 4 is 45.9 Å². The fourth-order valence-electron chi connectivity index (χ4n) is 3.77. The number of nitrogens with one attached hydrogen (secondary N) is 1. The molecule has 1 aromatic carbocycles. The average molecular weight is 557 g/mol. The molecule has 0 bridgehead atoms. The predicted molar refractivity (Wildman–Crippen MR) is 135 cm³/mol. The standard InChI is InChI=1S/C24H24IN5O3/c1-16-18(6-8-22(27-16)29-10-12-30(13-11-29)23(32)15-31)24(33)28-17-5-7-20(25)19(14-17)21-4-2-3-9-26-21/h2-9,14,31H,10-13,15H2,1H3,(H,28,33). The van der Waals surface area contributed by atoms with Gasteiger partial charge in [-0.25, -0.2) is 4.98 Å². The van der Waals surface area contributed by atoms with Gasteiger partial charge in [0, 0.05) is 47.2 Å². The van der Waals surface area contributed by atoms with Crippen molar-refractivity contribution in [2.75, 3.05) is 43.0 Å². The van der Waals surface area contributed by atoms with E-state index in [9.17, 15) is 9.59 Å². The maximum atomic E-state index is 13.0. The summed E-state index contributed by atoms with van der Waals surface area (Å²) >= 11 is 2.26. The summed E-state index contributed by atoms with van der Waals surface area (Å²) < 4.78 is 1.05. The molecule has 1 aliphatic heterocycles. The van der Waals surface area contributed by atoms with Gasteiger partial charge in [0.25, 0.3) is 5.91 Å². The third-order valence-corrected chi connectivity index (χ3v) is 6.51. The number of nitrogens with zero attached hydrogens (tertiary/aromatic N) is 4. The van der Waals surface area contributed by atoms with Crippen LogP contribution in [0.2, 0.25) is 0 Å². The summed E-state index contributed by atoms with van der Waals surface area (Å²) in [5, 5.41) is 12.0. The first-order chi connectivity index (χ1) is 16.0. The molecular formula is C24H24IN5O3. The molecule has 2 amide bonds. The Morgan fingerprint density at radius 3 is 2.55 bits per heavy atom. The fraction of sp³-hybridized carbons (Fsp3) is 0.250. The highest BCUT2D eigenvalue weighted by atomic mass is 127. The quantitative estimate of drug-likeness (QED) is 0.469. The smallest absolute Gasteiger partial charge is 0.257 e. The van der Waals surface area contributed by atoms with E-state index in [0.717, 1.165) is 20.6 Å². The number of benzene rings is 1. The van der Waals surface area contributed by atoms with Crippen LogP contribution in [0.5, 0.6) is 0 Å². The van der Waals surface area contributed by atoms with E-state index in [1.54, 1.807) is 17.2 Å². The van der Waals surface area contributed by atoms with Crippen LogP contribution in [-0.2, 0) is 4.79 Å². The summed E-state index contributed by atoms with van der Waals surface area (Å²) in [5.41, 5.74) is 3.63. The van der Waals surface area contributed by atoms with Gasteiger partial charge in [0.2, 0.25) is 5.91 Å². The zero-order chi connectivity index (χ0) is 23.4. The van der Waals surface area contributed by atoms with Crippen LogP contribution in [0, 0.1) is 10.5 Å². The van der Waals surface area contributed by atoms with Gasteiger partial charge in [0.05, 0.1) is 17.0 Å². The number of aromatic nitrogens is 2. The molecule has 33 heavy (non-hydrogen) atoms. The van der Waals surface area contributed by atoms with Crippen LogP contribution >= 0.6 is 22.6 Å². The topological polar surface area (TPSA) is 98.7 Å². The summed E-state index contributed by atoms with van der Waals surface area (Å²) in [7, 11) is 0. The van der Waals surface area contributed by atoms with Gasteiger partial charge in [-0.1, -0.05) is 6.07 Å². The molecule has 2 aromatic heterocycles. The van der Waals surface area contributed by atoms with Crippen molar-refractivity contribution in [1.29, 1.82) is 0 Å². The van der Waals surface area contributed by atoms with Crippen molar-refractivity contribution in [2.45, 2.75) is 6.92 Å². The molecule has 0 aliphatic carbocycles. The van der Waals surface area contributed by atoms with Crippen LogP contribution in [0.25, 0.3) is 11.3 Å². The van der Waals surface area contributed by atoms with E-state index < -0.39 is 6.61 Å². The lowest BCUT2D eigenvalue weighted by molar-refractivity contribution is -0.134. The number of carbonyl (C=O) groups excluding carboxylic acids is 2. The van der Waals surface area contributed by atoms with Gasteiger partial charge in [-0.3, -0.25) is 14.6 Å². The Bertz CT molecular complexity index is 1160. The summed E-state index contributed by atoms with van der Waals surface area (Å²) in [4.78, 5) is 37.4. The summed E-state index contributed by atoms with van der Waals surface area (Å²) in [6.07, 6.45) is 1.75. The van der Waals surface area contributed by atoms with Gasteiger partial charge >= 0.3 is 0 Å². The summed E-state index contributed by atoms with van der Waals surface area (Å²) in [6.45, 7) is 3.68. The SMILES string of the molecule is Cc1nc(N2CCN(C(=O)CO)CC2)ccc1C(=O)Nc1ccc(I)c(-c2ccccn2)c1. The molecule has 3 aromatic rings. The van der Waals surface area contributed by atoms with Crippen LogP contribution in [-0.4, -0.2) is 64.6 Å². The van der Waals surface area contributed by atoms with Gasteiger partial charge in [-0.2, -0.15) is 0 Å². The highest BCUT2D eigenvalue weighted by Crippen LogP contribution is 2.27. The molecule has 8 nitrogen and oxygen atoms in total. The molecule has 4 rings (SSSR count). The Kier molecular flexibility index (Phi) is 7.19. The van der Waals surface area contributed by atoms with E-state index in [-0.39, 0.29) is 11.8 Å². The zero-order valence-corrected chi connectivity index (χ0v) is 20.3. The number of carbonyl (C=O) groups is 2. The number of hydrogen-bond donors (Lipinski definition) is 2. The van der Waals surface area contributed by atoms with E-state index in [2.05, 4.69) is 42.8 Å². The van der Waals surface area contributed by atoms with Crippen molar-refractivity contribution in [2.24, 2.45) is 0 Å². The van der Waals surface area contributed by atoms with Crippen LogP contribution in [0.15, 0.2) is 54.7 Å². The van der Waals surface area contributed by atoms with E-state index in [1.807, 2.05) is 49.4 Å². The number of piperazine rings is 1. The zero-order valence-electron chi connectivity index (χ0n) is 18.2. The van der Waals surface area contributed by atoms with Crippen LogP contribution in [0.1, 0.15) is 16.1 Å².